The van der Waals surface area contributed by atoms with Crippen LogP contribution in [0.15, 0.2) is 12.1 Å². The molecule has 1 aliphatic heterocycles. The van der Waals surface area contributed by atoms with E-state index in [4.69, 9.17) is 11.6 Å². The summed E-state index contributed by atoms with van der Waals surface area (Å²) in [6, 6.07) is 3.82. The van der Waals surface area contributed by atoms with Crippen molar-refractivity contribution in [3.05, 3.63) is 28.8 Å². The molecule has 0 bridgehead atoms. The summed E-state index contributed by atoms with van der Waals surface area (Å²) in [4.78, 5) is 25.9. The van der Waals surface area contributed by atoms with Gasteiger partial charge in [-0.25, -0.2) is 0 Å². The van der Waals surface area contributed by atoms with E-state index in [2.05, 4.69) is 6.92 Å². The van der Waals surface area contributed by atoms with E-state index in [1.165, 1.54) is 0 Å². The predicted molar refractivity (Wildman–Crippen MR) is 81.7 cm³/mol. The lowest BCUT2D eigenvalue weighted by molar-refractivity contribution is -0.114. The molecule has 1 aliphatic rings. The van der Waals surface area contributed by atoms with Crippen LogP contribution in [0.3, 0.4) is 0 Å². The van der Waals surface area contributed by atoms with Gasteiger partial charge in [0.25, 0.3) is 11.7 Å². The van der Waals surface area contributed by atoms with Gasteiger partial charge in [0.1, 0.15) is 0 Å². The Morgan fingerprint density at radius 2 is 1.90 bits per heavy atom. The summed E-state index contributed by atoms with van der Waals surface area (Å²) in [6.45, 7) is 6.59. The zero-order valence-corrected chi connectivity index (χ0v) is 13.0. The number of fused-ring (bicyclic) bond motifs is 1. The molecule has 108 valence electrons. The van der Waals surface area contributed by atoms with E-state index in [1.54, 1.807) is 4.90 Å². The van der Waals surface area contributed by atoms with Gasteiger partial charge in [0.15, 0.2) is 0 Å². The fourth-order valence-electron chi connectivity index (χ4n) is 2.72. The molecule has 1 aromatic carbocycles. The Hall–Kier alpha value is -1.35. The maximum absolute atomic E-state index is 12.1. The van der Waals surface area contributed by atoms with Crippen molar-refractivity contribution in [3.63, 3.8) is 0 Å². The molecule has 0 N–H and O–H groups in total. The molecule has 1 heterocycles. The lowest BCUT2D eigenvalue weighted by Gasteiger charge is -2.20. The molecule has 2 rings (SSSR count). The molecule has 0 radical (unpaired) electrons. The van der Waals surface area contributed by atoms with Crippen LogP contribution in [0, 0.1) is 19.8 Å². The van der Waals surface area contributed by atoms with Gasteiger partial charge in [0.05, 0.1) is 11.3 Å². The molecule has 4 heteroatoms. The number of carbonyl (C=O) groups is 2. The second-order valence-electron chi connectivity index (χ2n) is 5.64. The number of carbonyl (C=O) groups excluding carboxylic acids is 2. The van der Waals surface area contributed by atoms with Gasteiger partial charge in [-0.15, -0.1) is 11.6 Å². The summed E-state index contributed by atoms with van der Waals surface area (Å²) < 4.78 is 0. The molecule has 20 heavy (non-hydrogen) atoms. The first kappa shape index (κ1) is 15.0. The third kappa shape index (κ3) is 2.73. The molecule has 1 atom stereocenters. The van der Waals surface area contributed by atoms with Crippen LogP contribution in [-0.2, 0) is 4.79 Å². The van der Waals surface area contributed by atoms with Gasteiger partial charge in [-0.05, 0) is 49.8 Å². The standard InChI is InChI=1S/C16H20ClNO2/c1-10(4-6-17)5-7-18-14-12(3)8-11(2)9-13(14)15(19)16(18)20/h8-10H,4-7H2,1-3H3. The van der Waals surface area contributed by atoms with Gasteiger partial charge in [-0.2, -0.15) is 0 Å². The maximum Gasteiger partial charge on any atom is 0.299 e. The molecule has 1 unspecified atom stereocenters. The molecule has 3 nitrogen and oxygen atoms in total. The van der Waals surface area contributed by atoms with Crippen LogP contribution < -0.4 is 4.90 Å². The Morgan fingerprint density at radius 1 is 1.20 bits per heavy atom. The summed E-state index contributed by atoms with van der Waals surface area (Å²) >= 11 is 5.73. The third-order valence-corrected chi connectivity index (χ3v) is 4.06. The molecule has 0 aliphatic carbocycles. The number of amides is 1. The molecule has 0 fully saturated rings. The largest absolute Gasteiger partial charge is 0.304 e. The van der Waals surface area contributed by atoms with Crippen molar-refractivity contribution < 1.29 is 9.59 Å². The van der Waals surface area contributed by atoms with Crippen LogP contribution in [-0.4, -0.2) is 24.1 Å². The zero-order valence-electron chi connectivity index (χ0n) is 12.2. The number of hydrogen-bond donors (Lipinski definition) is 0. The Morgan fingerprint density at radius 3 is 2.55 bits per heavy atom. The summed E-state index contributed by atoms with van der Waals surface area (Å²) in [6.07, 6.45) is 1.79. The van der Waals surface area contributed by atoms with Crippen LogP contribution in [0.1, 0.15) is 41.3 Å². The van der Waals surface area contributed by atoms with Crippen molar-refractivity contribution in [2.75, 3.05) is 17.3 Å². The zero-order chi connectivity index (χ0) is 14.9. The summed E-state index contributed by atoms with van der Waals surface area (Å²) in [5.74, 6) is 0.303. The average Bonchev–Trinajstić information content (AvgIpc) is 2.61. The first-order valence-electron chi connectivity index (χ1n) is 6.99. The summed E-state index contributed by atoms with van der Waals surface area (Å²) in [5.41, 5.74) is 3.35. The maximum atomic E-state index is 12.1. The fraction of sp³-hybridized carbons (Fsp3) is 0.500. The van der Waals surface area contributed by atoms with Crippen molar-refractivity contribution in [3.8, 4) is 0 Å². The molecular weight excluding hydrogens is 274 g/mol. The number of anilines is 1. The van der Waals surface area contributed by atoms with E-state index in [-0.39, 0.29) is 5.78 Å². The number of Topliss-reactive ketones (excluding diaryl/α,β-unsaturated/α-hetero) is 1. The van der Waals surface area contributed by atoms with Crippen LogP contribution in [0.4, 0.5) is 5.69 Å². The molecule has 0 saturated carbocycles. The second-order valence-corrected chi connectivity index (χ2v) is 6.01. The Kier molecular flexibility index (Phi) is 4.48. The SMILES string of the molecule is Cc1cc(C)c2c(c1)C(=O)C(=O)N2CCC(C)CCCl. The molecule has 0 spiro atoms. The lowest BCUT2D eigenvalue weighted by atomic mass is 10.0. The number of aryl methyl sites for hydroxylation is 2. The smallest absolute Gasteiger partial charge is 0.299 e. The predicted octanol–water partition coefficient (Wildman–Crippen LogP) is 3.49. The van der Waals surface area contributed by atoms with Crippen molar-refractivity contribution in [2.24, 2.45) is 5.92 Å². The Labute approximate surface area is 124 Å². The van der Waals surface area contributed by atoms with Gasteiger partial charge in [0, 0.05) is 12.4 Å². The third-order valence-electron chi connectivity index (χ3n) is 3.85. The van der Waals surface area contributed by atoms with E-state index in [9.17, 15) is 9.59 Å². The average molecular weight is 294 g/mol. The van der Waals surface area contributed by atoms with Crippen molar-refractivity contribution in [1.29, 1.82) is 0 Å². The first-order chi connectivity index (χ1) is 9.45. The molecular formula is C16H20ClNO2. The highest BCUT2D eigenvalue weighted by Gasteiger charge is 2.36. The topological polar surface area (TPSA) is 37.4 Å². The normalized spacial score (nSPS) is 15.7. The van der Waals surface area contributed by atoms with Gasteiger partial charge in [-0.3, -0.25) is 9.59 Å². The van der Waals surface area contributed by atoms with E-state index in [0.29, 0.717) is 23.9 Å². The minimum atomic E-state index is -0.397. The molecule has 1 amide bonds. The lowest BCUT2D eigenvalue weighted by Crippen LogP contribution is -2.31. The monoisotopic (exact) mass is 293 g/mol. The number of rotatable bonds is 5. The highest BCUT2D eigenvalue weighted by Crippen LogP contribution is 2.33. The highest BCUT2D eigenvalue weighted by molar-refractivity contribution is 6.52. The van der Waals surface area contributed by atoms with Crippen molar-refractivity contribution in [2.45, 2.75) is 33.6 Å². The summed E-state index contributed by atoms with van der Waals surface area (Å²) in [5, 5.41) is 0. The van der Waals surface area contributed by atoms with Crippen molar-refractivity contribution in [1.82, 2.24) is 0 Å². The van der Waals surface area contributed by atoms with Crippen LogP contribution in [0.2, 0.25) is 0 Å². The van der Waals surface area contributed by atoms with Gasteiger partial charge < -0.3 is 4.90 Å². The van der Waals surface area contributed by atoms with Gasteiger partial charge in [-0.1, -0.05) is 13.0 Å². The van der Waals surface area contributed by atoms with E-state index >= 15 is 0 Å². The molecule has 1 aromatic rings. The van der Waals surface area contributed by atoms with Crippen molar-refractivity contribution >= 4 is 29.0 Å². The van der Waals surface area contributed by atoms with E-state index in [0.717, 1.165) is 29.7 Å². The molecule has 0 saturated heterocycles. The quantitative estimate of drug-likeness (QED) is 0.615. The molecule has 0 aromatic heterocycles. The number of alkyl halides is 1. The summed E-state index contributed by atoms with van der Waals surface area (Å²) in [7, 11) is 0. The number of ketones is 1. The Bertz CT molecular complexity index is 554. The van der Waals surface area contributed by atoms with E-state index < -0.39 is 5.91 Å². The highest BCUT2D eigenvalue weighted by atomic mass is 35.5. The van der Waals surface area contributed by atoms with Gasteiger partial charge in [0.2, 0.25) is 0 Å². The number of benzene rings is 1. The number of hydrogen-bond acceptors (Lipinski definition) is 2. The Balaban J connectivity index is 2.24. The first-order valence-corrected chi connectivity index (χ1v) is 7.52. The second kappa shape index (κ2) is 5.96. The van der Waals surface area contributed by atoms with Crippen LogP contribution in [0.5, 0.6) is 0 Å². The number of nitrogens with zero attached hydrogens (tertiary/aromatic N) is 1. The fourth-order valence-corrected chi connectivity index (χ4v) is 3.10. The van der Waals surface area contributed by atoms with Gasteiger partial charge >= 0.3 is 0 Å². The number of halogens is 1. The van der Waals surface area contributed by atoms with Crippen LogP contribution in [0.25, 0.3) is 0 Å². The minimum absolute atomic E-state index is 0.378. The van der Waals surface area contributed by atoms with Crippen LogP contribution >= 0.6 is 11.6 Å². The minimum Gasteiger partial charge on any atom is -0.304 e. The van der Waals surface area contributed by atoms with E-state index in [1.807, 2.05) is 26.0 Å².